The Kier molecular flexibility index (Phi) is 4.63. The Balaban J connectivity index is 2.27. The van der Waals surface area contributed by atoms with Crippen LogP contribution in [0.5, 0.6) is 0 Å². The number of nitrogens with zero attached hydrogens (tertiary/aromatic N) is 1. The van der Waals surface area contributed by atoms with E-state index in [4.69, 9.17) is 4.74 Å². The predicted octanol–water partition coefficient (Wildman–Crippen LogP) is 3.31. The van der Waals surface area contributed by atoms with Crippen molar-refractivity contribution in [2.45, 2.75) is 51.7 Å². The number of hydrogen-bond donors (Lipinski definition) is 1. The highest BCUT2D eigenvalue weighted by Crippen LogP contribution is 2.35. The van der Waals surface area contributed by atoms with E-state index in [2.05, 4.69) is 0 Å². The summed E-state index contributed by atoms with van der Waals surface area (Å²) in [4.78, 5) is 25.2. The van der Waals surface area contributed by atoms with Crippen molar-refractivity contribution >= 4 is 12.1 Å². The van der Waals surface area contributed by atoms with Gasteiger partial charge in [-0.3, -0.25) is 4.90 Å². The average Bonchev–Trinajstić information content (AvgIpc) is 2.85. The normalized spacial score (nSPS) is 21.3. The van der Waals surface area contributed by atoms with E-state index in [1.165, 1.54) is 11.0 Å². The highest BCUT2D eigenvalue weighted by atomic mass is 19.1. The summed E-state index contributed by atoms with van der Waals surface area (Å²) in [6.45, 7) is 7.13. The molecule has 1 fully saturated rings. The molecule has 0 bridgehead atoms. The van der Waals surface area contributed by atoms with Crippen molar-refractivity contribution < 1.29 is 23.8 Å². The van der Waals surface area contributed by atoms with Gasteiger partial charge in [0.15, 0.2) is 0 Å². The number of hydrogen-bond acceptors (Lipinski definition) is 3. The lowest BCUT2D eigenvalue weighted by Crippen LogP contribution is -2.45. The van der Waals surface area contributed by atoms with Gasteiger partial charge in [-0.05, 0) is 51.3 Å². The lowest BCUT2D eigenvalue weighted by atomic mass is 9.90. The van der Waals surface area contributed by atoms with Gasteiger partial charge < -0.3 is 9.84 Å². The molecule has 1 aromatic carbocycles. The maximum Gasteiger partial charge on any atom is 0.411 e. The molecule has 126 valence electrons. The number of benzene rings is 1. The monoisotopic (exact) mass is 323 g/mol. The van der Waals surface area contributed by atoms with Crippen LogP contribution in [0.25, 0.3) is 0 Å². The number of halogens is 1. The van der Waals surface area contributed by atoms with Gasteiger partial charge >= 0.3 is 12.1 Å². The SMILES string of the molecule is Cc1cc([C@@H]2CCN(C(=O)OC(C)(C)C)[C@H]2C(=O)O)ccc1F. The van der Waals surface area contributed by atoms with Crippen LogP contribution in [0, 0.1) is 12.7 Å². The number of aryl methyl sites for hydroxylation is 1. The molecule has 1 amide bonds. The van der Waals surface area contributed by atoms with Gasteiger partial charge in [-0.25, -0.2) is 14.0 Å². The zero-order valence-corrected chi connectivity index (χ0v) is 13.8. The number of carbonyl (C=O) groups is 2. The second-order valence-corrected chi connectivity index (χ2v) is 6.86. The molecule has 1 aliphatic heterocycles. The number of carboxylic acids is 1. The van der Waals surface area contributed by atoms with Crippen LogP contribution in [0.1, 0.15) is 44.2 Å². The molecule has 1 aliphatic rings. The summed E-state index contributed by atoms with van der Waals surface area (Å²) in [5, 5.41) is 9.56. The quantitative estimate of drug-likeness (QED) is 0.907. The third-order valence-electron chi connectivity index (χ3n) is 3.89. The predicted molar refractivity (Wildman–Crippen MR) is 82.9 cm³/mol. The summed E-state index contributed by atoms with van der Waals surface area (Å²) in [7, 11) is 0. The van der Waals surface area contributed by atoms with Gasteiger partial charge in [0.05, 0.1) is 0 Å². The molecule has 0 aliphatic carbocycles. The molecule has 1 N–H and O–H groups in total. The van der Waals surface area contributed by atoms with Crippen molar-refractivity contribution in [2.75, 3.05) is 6.54 Å². The molecule has 5 nitrogen and oxygen atoms in total. The molecule has 0 unspecified atom stereocenters. The molecular formula is C17H22FNO4. The first-order valence-corrected chi connectivity index (χ1v) is 7.58. The van der Waals surface area contributed by atoms with E-state index >= 15 is 0 Å². The molecule has 0 radical (unpaired) electrons. The van der Waals surface area contributed by atoms with Crippen molar-refractivity contribution in [2.24, 2.45) is 0 Å². The Hall–Kier alpha value is -2.11. The van der Waals surface area contributed by atoms with Crippen LogP contribution in [0.3, 0.4) is 0 Å². The van der Waals surface area contributed by atoms with Crippen LogP contribution < -0.4 is 0 Å². The van der Waals surface area contributed by atoms with Crippen LogP contribution in [0.15, 0.2) is 18.2 Å². The van der Waals surface area contributed by atoms with Crippen LogP contribution >= 0.6 is 0 Å². The maximum absolute atomic E-state index is 13.4. The number of likely N-dealkylation sites (tertiary alicyclic amines) is 1. The summed E-state index contributed by atoms with van der Waals surface area (Å²) in [5.41, 5.74) is 0.495. The van der Waals surface area contributed by atoms with Gasteiger partial charge in [-0.1, -0.05) is 12.1 Å². The Labute approximate surface area is 135 Å². The zero-order valence-electron chi connectivity index (χ0n) is 13.8. The van der Waals surface area contributed by atoms with E-state index in [-0.39, 0.29) is 11.7 Å². The first-order valence-electron chi connectivity index (χ1n) is 7.58. The van der Waals surface area contributed by atoms with E-state index in [0.717, 1.165) is 5.56 Å². The molecule has 2 atom stereocenters. The highest BCUT2D eigenvalue weighted by Gasteiger charge is 2.44. The topological polar surface area (TPSA) is 66.8 Å². The smallest absolute Gasteiger partial charge is 0.411 e. The van der Waals surface area contributed by atoms with E-state index in [9.17, 15) is 19.1 Å². The van der Waals surface area contributed by atoms with E-state index in [0.29, 0.717) is 18.5 Å². The Morgan fingerprint density at radius 1 is 1.35 bits per heavy atom. The maximum atomic E-state index is 13.4. The lowest BCUT2D eigenvalue weighted by Gasteiger charge is -2.28. The van der Waals surface area contributed by atoms with Crippen LogP contribution in [0.2, 0.25) is 0 Å². The molecule has 1 aromatic rings. The molecule has 23 heavy (non-hydrogen) atoms. The second kappa shape index (κ2) is 6.18. The van der Waals surface area contributed by atoms with Gasteiger partial charge in [-0.15, -0.1) is 0 Å². The standard InChI is InChI=1S/C17H22FNO4/c1-10-9-11(5-6-13(10)18)12-7-8-19(14(12)15(20)21)16(22)23-17(2,3)4/h5-6,9,12,14H,7-8H2,1-4H3,(H,20,21)/t12-,14+/m0/s1. The number of aliphatic carboxylic acids is 1. The minimum absolute atomic E-state index is 0.299. The molecule has 0 aromatic heterocycles. The first-order chi connectivity index (χ1) is 10.6. The minimum atomic E-state index is -1.08. The van der Waals surface area contributed by atoms with Crippen molar-refractivity contribution in [1.82, 2.24) is 4.90 Å². The number of amides is 1. The number of carbonyl (C=O) groups excluding carboxylic acids is 1. The molecule has 6 heteroatoms. The van der Waals surface area contributed by atoms with Gasteiger partial charge in [0, 0.05) is 12.5 Å². The molecule has 1 heterocycles. The summed E-state index contributed by atoms with van der Waals surface area (Å²) in [6, 6.07) is 3.56. The summed E-state index contributed by atoms with van der Waals surface area (Å²) in [5.74, 6) is -1.79. The van der Waals surface area contributed by atoms with Crippen LogP contribution in [0.4, 0.5) is 9.18 Å². The molecule has 2 rings (SSSR count). The number of rotatable bonds is 2. The fraction of sp³-hybridized carbons (Fsp3) is 0.529. The van der Waals surface area contributed by atoms with Crippen molar-refractivity contribution in [3.05, 3.63) is 35.1 Å². The van der Waals surface area contributed by atoms with Gasteiger partial charge in [0.25, 0.3) is 0 Å². The fourth-order valence-electron chi connectivity index (χ4n) is 2.87. The highest BCUT2D eigenvalue weighted by molar-refractivity contribution is 5.82. The van der Waals surface area contributed by atoms with E-state index in [1.54, 1.807) is 39.8 Å². The Morgan fingerprint density at radius 3 is 2.52 bits per heavy atom. The summed E-state index contributed by atoms with van der Waals surface area (Å²) < 4.78 is 18.7. The first kappa shape index (κ1) is 17.2. The number of ether oxygens (including phenoxy) is 1. The average molecular weight is 323 g/mol. The van der Waals surface area contributed by atoms with Crippen LogP contribution in [-0.2, 0) is 9.53 Å². The largest absolute Gasteiger partial charge is 0.480 e. The summed E-state index contributed by atoms with van der Waals surface area (Å²) in [6.07, 6.45) is -0.132. The zero-order chi connectivity index (χ0) is 17.4. The third kappa shape index (κ3) is 3.81. The Morgan fingerprint density at radius 2 is 2.00 bits per heavy atom. The van der Waals surface area contributed by atoms with Crippen molar-refractivity contribution in [1.29, 1.82) is 0 Å². The van der Waals surface area contributed by atoms with Gasteiger partial charge in [0.2, 0.25) is 0 Å². The molecule has 0 saturated carbocycles. The third-order valence-corrected chi connectivity index (χ3v) is 3.89. The van der Waals surface area contributed by atoms with Gasteiger partial charge in [-0.2, -0.15) is 0 Å². The molecule has 1 saturated heterocycles. The fourth-order valence-corrected chi connectivity index (χ4v) is 2.87. The van der Waals surface area contributed by atoms with Crippen molar-refractivity contribution in [3.63, 3.8) is 0 Å². The van der Waals surface area contributed by atoms with Gasteiger partial charge in [0.1, 0.15) is 17.5 Å². The minimum Gasteiger partial charge on any atom is -0.480 e. The lowest BCUT2D eigenvalue weighted by molar-refractivity contribution is -0.142. The van der Waals surface area contributed by atoms with E-state index < -0.39 is 23.7 Å². The van der Waals surface area contributed by atoms with Crippen LogP contribution in [-0.4, -0.2) is 40.3 Å². The Bertz CT molecular complexity index is 624. The molecular weight excluding hydrogens is 301 g/mol. The van der Waals surface area contributed by atoms with Crippen molar-refractivity contribution in [3.8, 4) is 0 Å². The number of carboxylic acid groups (broad SMARTS) is 1. The second-order valence-electron chi connectivity index (χ2n) is 6.86. The van der Waals surface area contributed by atoms with E-state index in [1.807, 2.05) is 0 Å². The molecule has 0 spiro atoms. The summed E-state index contributed by atoms with van der Waals surface area (Å²) >= 11 is 0.